The molecule has 1 aliphatic rings. The van der Waals surface area contributed by atoms with Gasteiger partial charge in [-0.25, -0.2) is 0 Å². The highest BCUT2D eigenvalue weighted by atomic mass is 79.9. The minimum Gasteiger partial charge on any atom is -0.490 e. The van der Waals surface area contributed by atoms with E-state index in [1.54, 1.807) is 18.2 Å². The Hall–Kier alpha value is -2.35. The van der Waals surface area contributed by atoms with E-state index in [9.17, 15) is 9.59 Å². The maximum atomic E-state index is 12.6. The van der Waals surface area contributed by atoms with Gasteiger partial charge in [0.25, 0.3) is 0 Å². The third-order valence-electron chi connectivity index (χ3n) is 5.78. The summed E-state index contributed by atoms with van der Waals surface area (Å²) in [6, 6.07) is 12.0. The molecule has 180 valence electrons. The number of halogens is 2. The number of unbranched alkanes of at least 4 members (excludes halogenated alkanes) is 1. The Kier molecular flexibility index (Phi) is 8.29. The molecule has 1 heterocycles. The van der Waals surface area contributed by atoms with Crippen LogP contribution < -0.4 is 10.2 Å². The number of benzene rings is 2. The summed E-state index contributed by atoms with van der Waals surface area (Å²) in [5, 5.41) is 0.801. The van der Waals surface area contributed by atoms with Gasteiger partial charge in [0.15, 0.2) is 11.0 Å². The summed E-state index contributed by atoms with van der Waals surface area (Å²) in [7, 11) is 0. The molecular formula is C26H26BrClO6. The summed E-state index contributed by atoms with van der Waals surface area (Å²) < 4.78 is 23.9. The van der Waals surface area contributed by atoms with Gasteiger partial charge in [-0.15, -0.1) is 0 Å². The number of fused-ring (bicyclic) bond motifs is 1. The second kappa shape index (κ2) is 11.4. The van der Waals surface area contributed by atoms with E-state index in [2.05, 4.69) is 22.9 Å². The van der Waals surface area contributed by atoms with Gasteiger partial charge < -0.3 is 18.6 Å². The van der Waals surface area contributed by atoms with Crippen molar-refractivity contribution < 1.29 is 23.4 Å². The molecule has 0 unspecified atom stereocenters. The van der Waals surface area contributed by atoms with E-state index in [0.29, 0.717) is 65.7 Å². The zero-order valence-corrected chi connectivity index (χ0v) is 21.2. The summed E-state index contributed by atoms with van der Waals surface area (Å²) in [5.41, 5.74) is 0.806. The van der Waals surface area contributed by atoms with Crippen molar-refractivity contribution in [2.24, 2.45) is 5.92 Å². The van der Waals surface area contributed by atoms with Crippen LogP contribution in [0.4, 0.5) is 0 Å². The minimum absolute atomic E-state index is 0.0370. The molecule has 8 heteroatoms. The average molecular weight is 550 g/mol. The largest absolute Gasteiger partial charge is 0.490 e. The molecule has 0 saturated heterocycles. The van der Waals surface area contributed by atoms with E-state index in [4.69, 9.17) is 30.2 Å². The van der Waals surface area contributed by atoms with Crippen LogP contribution in [0.1, 0.15) is 32.6 Å². The van der Waals surface area contributed by atoms with Crippen molar-refractivity contribution in [3.05, 3.63) is 62.2 Å². The van der Waals surface area contributed by atoms with Gasteiger partial charge >= 0.3 is 5.97 Å². The van der Waals surface area contributed by atoms with Crippen LogP contribution in [0.15, 0.2) is 56.1 Å². The molecule has 0 amide bonds. The lowest BCUT2D eigenvalue weighted by molar-refractivity contribution is -0.158. The molecule has 3 aromatic rings. The Morgan fingerprint density at radius 1 is 1.15 bits per heavy atom. The second-order valence-corrected chi connectivity index (χ2v) is 9.59. The summed E-state index contributed by atoms with van der Waals surface area (Å²) in [6.07, 6.45) is 3.29. The van der Waals surface area contributed by atoms with Crippen LogP contribution in [-0.4, -0.2) is 31.9 Å². The van der Waals surface area contributed by atoms with Gasteiger partial charge in [-0.3, -0.25) is 9.59 Å². The van der Waals surface area contributed by atoms with E-state index in [1.807, 2.05) is 18.2 Å². The molecule has 2 aromatic carbocycles. The molecule has 1 aromatic heterocycles. The number of carbonyl (C=O) groups excluding carboxylic acids is 1. The smallest absolute Gasteiger partial charge is 0.309 e. The third kappa shape index (κ3) is 5.82. The fourth-order valence-corrected chi connectivity index (χ4v) is 4.34. The zero-order chi connectivity index (χ0) is 24.1. The number of para-hydroxylation sites is 1. The first-order valence-electron chi connectivity index (χ1n) is 11.4. The van der Waals surface area contributed by atoms with Crippen LogP contribution in [0.25, 0.3) is 22.3 Å². The highest BCUT2D eigenvalue weighted by Gasteiger charge is 2.36. The van der Waals surface area contributed by atoms with Crippen molar-refractivity contribution in [2.45, 2.75) is 38.7 Å². The first kappa shape index (κ1) is 24.8. The molecular weight excluding hydrogens is 524 g/mol. The number of esters is 1. The number of hydrogen-bond acceptors (Lipinski definition) is 6. The Morgan fingerprint density at radius 2 is 1.97 bits per heavy atom. The van der Waals surface area contributed by atoms with Crippen molar-refractivity contribution in [3.8, 4) is 17.1 Å². The predicted octanol–water partition coefficient (Wildman–Crippen LogP) is 6.39. The molecule has 0 aliphatic heterocycles. The van der Waals surface area contributed by atoms with E-state index in [-0.39, 0.29) is 23.4 Å². The van der Waals surface area contributed by atoms with Crippen molar-refractivity contribution in [2.75, 3.05) is 19.8 Å². The Labute approximate surface area is 211 Å². The molecule has 34 heavy (non-hydrogen) atoms. The first-order valence-corrected chi connectivity index (χ1v) is 12.6. The monoisotopic (exact) mass is 548 g/mol. The molecule has 0 spiro atoms. The molecule has 0 radical (unpaired) electrons. The Bertz CT molecular complexity index is 1220. The maximum absolute atomic E-state index is 12.6. The molecule has 0 atom stereocenters. The van der Waals surface area contributed by atoms with Crippen LogP contribution >= 0.6 is 27.5 Å². The van der Waals surface area contributed by atoms with Crippen LogP contribution in [-0.2, 0) is 14.3 Å². The lowest BCUT2D eigenvalue weighted by atomic mass is 9.82. The van der Waals surface area contributed by atoms with Gasteiger partial charge in [0.1, 0.15) is 18.1 Å². The normalized spacial score (nSPS) is 17.4. The molecule has 1 saturated carbocycles. The van der Waals surface area contributed by atoms with Gasteiger partial charge in [0.05, 0.1) is 41.2 Å². The van der Waals surface area contributed by atoms with Gasteiger partial charge in [0, 0.05) is 10.5 Å². The number of rotatable bonds is 10. The van der Waals surface area contributed by atoms with Crippen LogP contribution in [0.2, 0.25) is 5.02 Å². The number of hydrogen-bond donors (Lipinski definition) is 0. The summed E-state index contributed by atoms with van der Waals surface area (Å²) in [5.74, 6) is 0.735. The van der Waals surface area contributed by atoms with Gasteiger partial charge in [-0.2, -0.15) is 0 Å². The molecule has 0 N–H and O–H groups in total. The van der Waals surface area contributed by atoms with Gasteiger partial charge in [0.2, 0.25) is 0 Å². The van der Waals surface area contributed by atoms with Crippen LogP contribution in [0, 0.1) is 5.92 Å². The van der Waals surface area contributed by atoms with Gasteiger partial charge in [-0.05, 0) is 49.6 Å². The molecule has 1 aliphatic carbocycles. The van der Waals surface area contributed by atoms with Gasteiger partial charge in [-0.1, -0.05) is 46.9 Å². The van der Waals surface area contributed by atoms with Crippen LogP contribution in [0.5, 0.6) is 5.75 Å². The van der Waals surface area contributed by atoms with E-state index < -0.39 is 0 Å². The molecule has 0 bridgehead atoms. The van der Waals surface area contributed by atoms with Crippen molar-refractivity contribution in [3.63, 3.8) is 0 Å². The van der Waals surface area contributed by atoms with E-state index in [1.165, 1.54) is 6.07 Å². The average Bonchev–Trinajstić information content (AvgIpc) is 2.78. The molecule has 6 nitrogen and oxygen atoms in total. The molecule has 1 fully saturated rings. The molecule has 4 rings (SSSR count). The highest BCUT2D eigenvalue weighted by Crippen LogP contribution is 2.35. The SMILES string of the molecule is CCCCOC(=O)C1CC(OCCOc2cc(Br)ccc2-c2cc(=O)c3cccc(Cl)c3o2)C1. The number of ether oxygens (including phenoxy) is 3. The van der Waals surface area contributed by atoms with Crippen LogP contribution in [0.3, 0.4) is 0 Å². The fraction of sp³-hybridized carbons (Fsp3) is 0.385. The Balaban J connectivity index is 1.35. The first-order chi connectivity index (χ1) is 16.5. The standard InChI is InChI=1S/C26H26BrClO6/c1-2-3-9-33-26(30)16-12-18(13-16)31-10-11-32-23-14-17(27)7-8-20(23)24-15-22(29)19-5-4-6-21(28)25(19)34-24/h4-8,14-16,18H,2-3,9-13H2,1H3. The lowest BCUT2D eigenvalue weighted by Gasteiger charge is -2.33. The third-order valence-corrected chi connectivity index (χ3v) is 6.57. The second-order valence-electron chi connectivity index (χ2n) is 8.26. The minimum atomic E-state index is -0.177. The summed E-state index contributed by atoms with van der Waals surface area (Å²) in [6.45, 7) is 3.24. The van der Waals surface area contributed by atoms with E-state index in [0.717, 1.165) is 17.3 Å². The Morgan fingerprint density at radius 3 is 2.76 bits per heavy atom. The zero-order valence-electron chi connectivity index (χ0n) is 18.9. The number of carbonyl (C=O) groups is 1. The lowest BCUT2D eigenvalue weighted by Crippen LogP contribution is -2.38. The van der Waals surface area contributed by atoms with E-state index >= 15 is 0 Å². The maximum Gasteiger partial charge on any atom is 0.309 e. The fourth-order valence-electron chi connectivity index (χ4n) is 3.79. The van der Waals surface area contributed by atoms with Crippen molar-refractivity contribution in [1.29, 1.82) is 0 Å². The summed E-state index contributed by atoms with van der Waals surface area (Å²) in [4.78, 5) is 24.5. The van der Waals surface area contributed by atoms with Crippen molar-refractivity contribution in [1.82, 2.24) is 0 Å². The quantitative estimate of drug-likeness (QED) is 0.215. The highest BCUT2D eigenvalue weighted by molar-refractivity contribution is 9.10. The van der Waals surface area contributed by atoms with Crippen molar-refractivity contribution >= 4 is 44.5 Å². The topological polar surface area (TPSA) is 75.0 Å². The summed E-state index contributed by atoms with van der Waals surface area (Å²) >= 11 is 9.71. The predicted molar refractivity (Wildman–Crippen MR) is 134 cm³/mol.